The van der Waals surface area contributed by atoms with Gasteiger partial charge in [0.05, 0.1) is 10.6 Å². The molecule has 0 bridgehead atoms. The predicted molar refractivity (Wildman–Crippen MR) is 113 cm³/mol. The average Bonchev–Trinajstić information content (AvgIpc) is 3.30. The van der Waals surface area contributed by atoms with Gasteiger partial charge >= 0.3 is 0 Å². The highest BCUT2D eigenvalue weighted by Crippen LogP contribution is 2.24. The van der Waals surface area contributed by atoms with Gasteiger partial charge in [-0.05, 0) is 18.6 Å². The lowest BCUT2D eigenvalue weighted by Gasteiger charge is -2.06. The molecular formula is C19H17N5O4S2. The van der Waals surface area contributed by atoms with Crippen LogP contribution in [0.25, 0.3) is 16.3 Å². The Hall–Kier alpha value is -3.15. The molecule has 0 spiro atoms. The molecule has 4 aromatic rings. The number of benzene rings is 2. The number of thiazole rings is 1. The summed E-state index contributed by atoms with van der Waals surface area (Å²) in [6.07, 6.45) is 0.358. The Bertz CT molecular complexity index is 1340. The molecule has 0 aliphatic carbocycles. The molecule has 0 unspecified atom stereocenters. The topological polar surface area (TPSA) is 120 Å². The number of nitrogens with zero attached hydrogens (tertiary/aromatic N) is 4. The van der Waals surface area contributed by atoms with Gasteiger partial charge in [-0.15, -0.1) is 16.4 Å². The zero-order chi connectivity index (χ0) is 21.3. The number of aromatic nitrogens is 3. The third kappa shape index (κ3) is 3.82. The number of nitrogens with one attached hydrogen (secondary N) is 1. The number of hydrogen-bond donors (Lipinski definition) is 1. The fourth-order valence-electron chi connectivity index (χ4n) is 3.06. The summed E-state index contributed by atoms with van der Waals surface area (Å²) < 4.78 is 29.2. The first-order chi connectivity index (χ1) is 14.4. The number of fused-ring (bicyclic) bond motifs is 1. The van der Waals surface area contributed by atoms with Crippen molar-refractivity contribution in [1.82, 2.24) is 19.3 Å². The molecule has 0 aliphatic heterocycles. The molecule has 0 atom stereocenters. The molecule has 11 heteroatoms. The molecule has 30 heavy (non-hydrogen) atoms. The van der Waals surface area contributed by atoms with E-state index in [-0.39, 0.29) is 11.4 Å². The van der Waals surface area contributed by atoms with Gasteiger partial charge in [0.15, 0.2) is 10.7 Å². The quantitative estimate of drug-likeness (QED) is 0.346. The van der Waals surface area contributed by atoms with Crippen LogP contribution in [0.5, 0.6) is 0 Å². The molecule has 2 aromatic carbocycles. The lowest BCUT2D eigenvalue weighted by atomic mass is 10.1. The van der Waals surface area contributed by atoms with E-state index >= 15 is 0 Å². The summed E-state index contributed by atoms with van der Waals surface area (Å²) in [5, 5.41) is 17.5. The number of nitro groups is 1. The maximum absolute atomic E-state index is 12.5. The molecule has 2 heterocycles. The van der Waals surface area contributed by atoms with Crippen LogP contribution in [-0.2, 0) is 16.4 Å². The van der Waals surface area contributed by atoms with Crippen LogP contribution in [0.3, 0.4) is 0 Å². The van der Waals surface area contributed by atoms with Gasteiger partial charge in [0, 0.05) is 30.0 Å². The lowest BCUT2D eigenvalue weighted by molar-refractivity contribution is -0.387. The molecule has 9 nitrogen and oxygen atoms in total. The van der Waals surface area contributed by atoms with Crippen molar-refractivity contribution in [2.24, 2.45) is 0 Å². The summed E-state index contributed by atoms with van der Waals surface area (Å²) in [5.41, 5.74) is 2.35. The average molecular weight is 444 g/mol. The molecule has 2 aromatic heterocycles. The van der Waals surface area contributed by atoms with Crippen LogP contribution in [0.15, 0.2) is 58.8 Å². The monoisotopic (exact) mass is 443 g/mol. The molecule has 0 saturated heterocycles. The number of hydrogen-bond acceptors (Lipinski definition) is 7. The molecule has 4 rings (SSSR count). The predicted octanol–water partition coefficient (Wildman–Crippen LogP) is 3.20. The Morgan fingerprint density at radius 3 is 2.67 bits per heavy atom. The highest BCUT2D eigenvalue weighted by atomic mass is 32.2. The maximum Gasteiger partial charge on any atom is 0.289 e. The maximum atomic E-state index is 12.5. The summed E-state index contributed by atoms with van der Waals surface area (Å²) in [6, 6.07) is 13.1. The fourth-order valence-corrected chi connectivity index (χ4v) is 5.12. The number of rotatable bonds is 7. The van der Waals surface area contributed by atoms with Crippen LogP contribution in [0.2, 0.25) is 0 Å². The van der Waals surface area contributed by atoms with Gasteiger partial charge in [0.1, 0.15) is 0 Å². The smallest absolute Gasteiger partial charge is 0.258 e. The highest BCUT2D eigenvalue weighted by Gasteiger charge is 2.24. The molecule has 0 fully saturated rings. The molecule has 0 aliphatic rings. The number of para-hydroxylation sites is 1. The minimum atomic E-state index is -4.02. The summed E-state index contributed by atoms with van der Waals surface area (Å²) in [7, 11) is -4.02. The number of sulfonamides is 1. The Morgan fingerprint density at radius 1 is 1.17 bits per heavy atom. The van der Waals surface area contributed by atoms with E-state index in [1.807, 2.05) is 36.6 Å². The van der Waals surface area contributed by atoms with Crippen LogP contribution in [0.1, 0.15) is 11.3 Å². The summed E-state index contributed by atoms with van der Waals surface area (Å²) in [6.45, 7) is 2.06. The van der Waals surface area contributed by atoms with Gasteiger partial charge in [0.2, 0.25) is 15.0 Å². The molecule has 0 saturated carbocycles. The van der Waals surface area contributed by atoms with Gasteiger partial charge < -0.3 is 0 Å². The minimum absolute atomic E-state index is 0.0692. The van der Waals surface area contributed by atoms with E-state index in [0.29, 0.717) is 17.2 Å². The SMILES string of the molecule is Cc1ccccc1-c1nc2scc(CCNS(=O)(=O)c3ccccc3[N+](=O)[O-])n2n1. The minimum Gasteiger partial charge on any atom is -0.258 e. The Morgan fingerprint density at radius 2 is 1.90 bits per heavy atom. The van der Waals surface area contributed by atoms with Crippen molar-refractivity contribution in [1.29, 1.82) is 0 Å². The van der Waals surface area contributed by atoms with E-state index in [0.717, 1.165) is 16.8 Å². The third-order valence-corrected chi connectivity index (χ3v) is 6.93. The summed E-state index contributed by atoms with van der Waals surface area (Å²) >= 11 is 1.42. The third-order valence-electron chi connectivity index (χ3n) is 4.56. The van der Waals surface area contributed by atoms with E-state index < -0.39 is 20.6 Å². The molecule has 1 N–H and O–H groups in total. The second-order valence-corrected chi connectivity index (χ2v) is 9.12. The van der Waals surface area contributed by atoms with Crippen LogP contribution in [0, 0.1) is 17.0 Å². The second-order valence-electron chi connectivity index (χ2n) is 6.54. The van der Waals surface area contributed by atoms with Crippen LogP contribution in [0.4, 0.5) is 5.69 Å². The van der Waals surface area contributed by atoms with Gasteiger partial charge in [-0.1, -0.05) is 36.4 Å². The van der Waals surface area contributed by atoms with Crippen molar-refractivity contribution >= 4 is 32.0 Å². The van der Waals surface area contributed by atoms with Crippen molar-refractivity contribution in [2.75, 3.05) is 6.54 Å². The number of nitro benzene ring substituents is 1. The lowest BCUT2D eigenvalue weighted by Crippen LogP contribution is -2.27. The van der Waals surface area contributed by atoms with Gasteiger partial charge in [0.25, 0.3) is 5.69 Å². The van der Waals surface area contributed by atoms with Crippen molar-refractivity contribution in [2.45, 2.75) is 18.2 Å². The van der Waals surface area contributed by atoms with Gasteiger partial charge in [-0.25, -0.2) is 17.7 Å². The van der Waals surface area contributed by atoms with Crippen molar-refractivity contribution < 1.29 is 13.3 Å². The first-order valence-corrected chi connectivity index (χ1v) is 11.4. The zero-order valence-corrected chi connectivity index (χ0v) is 17.5. The fraction of sp³-hybridized carbons (Fsp3) is 0.158. The van der Waals surface area contributed by atoms with Crippen LogP contribution >= 0.6 is 11.3 Å². The van der Waals surface area contributed by atoms with Crippen molar-refractivity contribution in [3.8, 4) is 11.4 Å². The largest absolute Gasteiger partial charge is 0.289 e. The second kappa shape index (κ2) is 7.94. The van der Waals surface area contributed by atoms with Gasteiger partial charge in [-0.2, -0.15) is 4.98 Å². The van der Waals surface area contributed by atoms with Gasteiger partial charge in [-0.3, -0.25) is 10.1 Å². The van der Waals surface area contributed by atoms with E-state index in [1.165, 1.54) is 35.6 Å². The Labute approximate surface area is 176 Å². The van der Waals surface area contributed by atoms with E-state index in [9.17, 15) is 18.5 Å². The van der Waals surface area contributed by atoms with E-state index in [4.69, 9.17) is 0 Å². The first-order valence-electron chi connectivity index (χ1n) is 8.99. The summed E-state index contributed by atoms with van der Waals surface area (Å²) in [4.78, 5) is 15.3. The highest BCUT2D eigenvalue weighted by molar-refractivity contribution is 7.89. The standard InChI is InChI=1S/C19H17N5O4S2/c1-13-6-2-3-7-15(13)18-21-19-23(22-18)14(12-29-19)10-11-20-30(27,28)17-9-5-4-8-16(17)24(25)26/h2-9,12,20H,10-11H2,1H3. The van der Waals surface area contributed by atoms with E-state index in [1.54, 1.807) is 4.52 Å². The zero-order valence-electron chi connectivity index (χ0n) is 15.8. The molecule has 154 valence electrons. The Kier molecular flexibility index (Phi) is 5.33. The van der Waals surface area contributed by atoms with E-state index in [2.05, 4.69) is 14.8 Å². The number of aryl methyl sites for hydroxylation is 1. The Balaban J connectivity index is 1.52. The van der Waals surface area contributed by atoms with Crippen LogP contribution in [-0.4, -0.2) is 34.5 Å². The molecule has 0 amide bonds. The molecular weight excluding hydrogens is 426 g/mol. The van der Waals surface area contributed by atoms with Crippen LogP contribution < -0.4 is 4.72 Å². The molecule has 0 radical (unpaired) electrons. The van der Waals surface area contributed by atoms with Crippen molar-refractivity contribution in [3.05, 3.63) is 75.3 Å². The first kappa shape index (κ1) is 20.1. The normalized spacial score (nSPS) is 11.8. The van der Waals surface area contributed by atoms with Crippen molar-refractivity contribution in [3.63, 3.8) is 0 Å². The summed E-state index contributed by atoms with van der Waals surface area (Å²) in [5.74, 6) is 0.613.